The predicted molar refractivity (Wildman–Crippen MR) is 97.3 cm³/mol. The van der Waals surface area contributed by atoms with Crippen molar-refractivity contribution in [1.29, 1.82) is 0 Å². The fraction of sp³-hybridized carbons (Fsp3) is 0.0500. The quantitative estimate of drug-likeness (QED) is 0.415. The lowest BCUT2D eigenvalue weighted by Crippen LogP contribution is -2.09. The van der Waals surface area contributed by atoms with E-state index in [9.17, 15) is 4.79 Å². The van der Waals surface area contributed by atoms with Gasteiger partial charge in [0.05, 0.1) is 5.25 Å². The first kappa shape index (κ1) is 15.9. The predicted octanol–water partition coefficient (Wildman–Crippen LogP) is 6.06. The molecule has 3 aromatic rings. The Morgan fingerprint density at radius 1 is 0.783 bits per heavy atom. The first-order valence-electron chi connectivity index (χ1n) is 7.30. The highest BCUT2D eigenvalue weighted by Gasteiger charge is 2.23. The molecule has 23 heavy (non-hydrogen) atoms. The van der Waals surface area contributed by atoms with Crippen molar-refractivity contribution in [2.45, 2.75) is 10.1 Å². The summed E-state index contributed by atoms with van der Waals surface area (Å²) in [6.45, 7) is 0. The molecule has 0 radical (unpaired) electrons. The molecule has 0 aromatic heterocycles. The second kappa shape index (κ2) is 7.49. The molecule has 114 valence electrons. The standard InChI is InChI=1S/C20H15ClOS/c21-17-13-11-15(12-14-17)19(22)20(16-7-3-1-4-8-16)23-18-9-5-2-6-10-18/h1-14,20H. The molecule has 0 saturated heterocycles. The van der Waals surface area contributed by atoms with E-state index in [-0.39, 0.29) is 11.0 Å². The van der Waals surface area contributed by atoms with Gasteiger partial charge in [-0.1, -0.05) is 60.1 Å². The van der Waals surface area contributed by atoms with Gasteiger partial charge in [0.2, 0.25) is 0 Å². The fourth-order valence-corrected chi connectivity index (χ4v) is 3.55. The molecular weight excluding hydrogens is 324 g/mol. The fourth-order valence-electron chi connectivity index (χ4n) is 2.30. The van der Waals surface area contributed by atoms with Crippen LogP contribution in [0, 0.1) is 0 Å². The SMILES string of the molecule is O=C(c1ccc(Cl)cc1)C(Sc1ccccc1)c1ccccc1. The number of halogens is 1. The maximum absolute atomic E-state index is 13.0. The third kappa shape index (κ3) is 4.04. The summed E-state index contributed by atoms with van der Waals surface area (Å²) in [5, 5.41) is 0.355. The third-order valence-corrected chi connectivity index (χ3v) is 4.98. The van der Waals surface area contributed by atoms with E-state index < -0.39 is 0 Å². The topological polar surface area (TPSA) is 17.1 Å². The molecule has 0 aliphatic rings. The van der Waals surface area contributed by atoms with E-state index >= 15 is 0 Å². The lowest BCUT2D eigenvalue weighted by molar-refractivity contribution is 0.0989. The lowest BCUT2D eigenvalue weighted by Gasteiger charge is -2.16. The lowest BCUT2D eigenvalue weighted by atomic mass is 10.0. The molecule has 1 unspecified atom stereocenters. The number of rotatable bonds is 5. The van der Waals surface area contributed by atoms with E-state index in [1.165, 1.54) is 0 Å². The highest BCUT2D eigenvalue weighted by Crippen LogP contribution is 2.37. The van der Waals surface area contributed by atoms with Crippen molar-refractivity contribution >= 4 is 29.1 Å². The van der Waals surface area contributed by atoms with Gasteiger partial charge in [0, 0.05) is 15.5 Å². The summed E-state index contributed by atoms with van der Waals surface area (Å²) >= 11 is 7.49. The second-order valence-electron chi connectivity index (χ2n) is 5.09. The third-order valence-electron chi connectivity index (χ3n) is 3.47. The van der Waals surface area contributed by atoms with Crippen LogP contribution in [-0.2, 0) is 0 Å². The molecule has 0 aliphatic heterocycles. The zero-order chi connectivity index (χ0) is 16.1. The van der Waals surface area contributed by atoms with Crippen LogP contribution in [0.2, 0.25) is 5.02 Å². The van der Waals surface area contributed by atoms with E-state index in [2.05, 4.69) is 0 Å². The summed E-state index contributed by atoms with van der Waals surface area (Å²) < 4.78 is 0. The van der Waals surface area contributed by atoms with Crippen LogP contribution in [0.25, 0.3) is 0 Å². The van der Waals surface area contributed by atoms with Crippen LogP contribution in [-0.4, -0.2) is 5.78 Å². The van der Waals surface area contributed by atoms with E-state index in [0.29, 0.717) is 10.6 Å². The van der Waals surface area contributed by atoms with Crippen LogP contribution in [0.1, 0.15) is 21.2 Å². The smallest absolute Gasteiger partial charge is 0.180 e. The number of hydrogen-bond acceptors (Lipinski definition) is 2. The number of benzene rings is 3. The molecule has 0 N–H and O–H groups in total. The summed E-state index contributed by atoms with van der Waals surface area (Å²) in [5.74, 6) is 0.0849. The number of carbonyl (C=O) groups excluding carboxylic acids is 1. The van der Waals surface area contributed by atoms with Crippen LogP contribution < -0.4 is 0 Å². The number of carbonyl (C=O) groups is 1. The van der Waals surface area contributed by atoms with Gasteiger partial charge < -0.3 is 0 Å². The Balaban J connectivity index is 1.94. The first-order chi connectivity index (χ1) is 11.2. The van der Waals surface area contributed by atoms with Gasteiger partial charge in [-0.2, -0.15) is 0 Å². The summed E-state index contributed by atoms with van der Waals surface area (Å²) in [6, 6.07) is 26.9. The highest BCUT2D eigenvalue weighted by molar-refractivity contribution is 8.00. The molecule has 3 rings (SSSR count). The largest absolute Gasteiger partial charge is 0.293 e. The maximum Gasteiger partial charge on any atom is 0.180 e. The molecule has 0 aliphatic carbocycles. The normalized spacial score (nSPS) is 11.9. The van der Waals surface area contributed by atoms with Crippen molar-refractivity contribution < 1.29 is 4.79 Å². The monoisotopic (exact) mass is 338 g/mol. The summed E-state index contributed by atoms with van der Waals surface area (Å²) in [4.78, 5) is 14.1. The van der Waals surface area contributed by atoms with Crippen molar-refractivity contribution in [2.24, 2.45) is 0 Å². The summed E-state index contributed by atoms with van der Waals surface area (Å²) in [7, 11) is 0. The molecule has 3 heteroatoms. The van der Waals surface area contributed by atoms with Crippen LogP contribution in [0.15, 0.2) is 89.8 Å². The van der Waals surface area contributed by atoms with Crippen molar-refractivity contribution in [3.63, 3.8) is 0 Å². The van der Waals surface area contributed by atoms with Gasteiger partial charge in [-0.05, 0) is 42.0 Å². The maximum atomic E-state index is 13.0. The van der Waals surface area contributed by atoms with Gasteiger partial charge in [0.1, 0.15) is 0 Å². The van der Waals surface area contributed by atoms with Gasteiger partial charge >= 0.3 is 0 Å². The minimum absolute atomic E-state index is 0.0849. The van der Waals surface area contributed by atoms with Crippen molar-refractivity contribution in [2.75, 3.05) is 0 Å². The Morgan fingerprint density at radius 3 is 1.96 bits per heavy atom. The van der Waals surface area contributed by atoms with Crippen molar-refractivity contribution in [3.05, 3.63) is 101 Å². The Labute approximate surface area is 145 Å². The molecule has 0 heterocycles. The molecule has 0 bridgehead atoms. The van der Waals surface area contributed by atoms with E-state index in [1.54, 1.807) is 36.0 Å². The average Bonchev–Trinajstić information content (AvgIpc) is 2.61. The number of hydrogen-bond donors (Lipinski definition) is 0. The molecule has 0 fully saturated rings. The van der Waals surface area contributed by atoms with E-state index in [4.69, 9.17) is 11.6 Å². The van der Waals surface area contributed by atoms with E-state index in [0.717, 1.165) is 10.5 Å². The average molecular weight is 339 g/mol. The van der Waals surface area contributed by atoms with Gasteiger partial charge in [-0.3, -0.25) is 4.79 Å². The summed E-state index contributed by atoms with van der Waals surface area (Å²) in [5.41, 5.74) is 1.67. The number of Topliss-reactive ketones (excluding diaryl/α,β-unsaturated/α-hetero) is 1. The van der Waals surface area contributed by atoms with Crippen LogP contribution in [0.3, 0.4) is 0 Å². The zero-order valence-electron chi connectivity index (χ0n) is 12.4. The van der Waals surface area contributed by atoms with Crippen LogP contribution in [0.5, 0.6) is 0 Å². The number of ketones is 1. The molecular formula is C20H15ClOS. The first-order valence-corrected chi connectivity index (χ1v) is 8.56. The minimum atomic E-state index is -0.278. The van der Waals surface area contributed by atoms with Gasteiger partial charge in [0.15, 0.2) is 5.78 Å². The van der Waals surface area contributed by atoms with Crippen LogP contribution >= 0.6 is 23.4 Å². The molecule has 3 aromatic carbocycles. The van der Waals surface area contributed by atoms with E-state index in [1.807, 2.05) is 60.7 Å². The molecule has 0 amide bonds. The Kier molecular flexibility index (Phi) is 5.16. The van der Waals surface area contributed by atoms with Gasteiger partial charge in [0.25, 0.3) is 0 Å². The number of thioether (sulfide) groups is 1. The van der Waals surface area contributed by atoms with Gasteiger partial charge in [-0.15, -0.1) is 11.8 Å². The molecule has 1 nitrogen and oxygen atoms in total. The zero-order valence-corrected chi connectivity index (χ0v) is 13.9. The molecule has 0 spiro atoms. The van der Waals surface area contributed by atoms with Crippen molar-refractivity contribution in [1.82, 2.24) is 0 Å². The van der Waals surface area contributed by atoms with Gasteiger partial charge in [-0.25, -0.2) is 0 Å². The highest BCUT2D eigenvalue weighted by atomic mass is 35.5. The Hall–Kier alpha value is -2.03. The molecule has 0 saturated carbocycles. The Bertz CT molecular complexity index is 770. The molecule has 1 atom stereocenters. The summed E-state index contributed by atoms with van der Waals surface area (Å²) in [6.07, 6.45) is 0. The Morgan fingerprint density at radius 2 is 1.35 bits per heavy atom. The van der Waals surface area contributed by atoms with Crippen LogP contribution in [0.4, 0.5) is 0 Å². The minimum Gasteiger partial charge on any atom is -0.293 e. The second-order valence-corrected chi connectivity index (χ2v) is 6.71. The van der Waals surface area contributed by atoms with Crippen molar-refractivity contribution in [3.8, 4) is 0 Å².